The van der Waals surface area contributed by atoms with Gasteiger partial charge in [-0.25, -0.2) is 13.1 Å². The molecule has 0 radical (unpaired) electrons. The molecule has 1 amide bonds. The van der Waals surface area contributed by atoms with Gasteiger partial charge in [-0.1, -0.05) is 18.9 Å². The average Bonchev–Trinajstić information content (AvgIpc) is 3.09. The minimum absolute atomic E-state index is 0.00560. The van der Waals surface area contributed by atoms with E-state index in [-0.39, 0.29) is 28.9 Å². The third kappa shape index (κ3) is 4.45. The van der Waals surface area contributed by atoms with Gasteiger partial charge in [0.2, 0.25) is 10.0 Å². The van der Waals surface area contributed by atoms with Crippen molar-refractivity contribution in [3.8, 4) is 0 Å². The molecule has 3 rings (SSSR count). The van der Waals surface area contributed by atoms with Crippen LogP contribution in [0.5, 0.6) is 0 Å². The highest BCUT2D eigenvalue weighted by atomic mass is 32.2. The van der Waals surface area contributed by atoms with E-state index in [4.69, 9.17) is 0 Å². The molecule has 1 saturated carbocycles. The molecule has 1 aliphatic heterocycles. The Kier molecular flexibility index (Phi) is 5.99. The number of carbonyl (C=O) groups is 1. The number of nitrogens with one attached hydrogen (secondary N) is 3. The molecule has 26 heavy (non-hydrogen) atoms. The molecule has 0 bridgehead atoms. The van der Waals surface area contributed by atoms with Crippen LogP contribution in [0.25, 0.3) is 0 Å². The molecule has 1 aromatic rings. The van der Waals surface area contributed by atoms with Gasteiger partial charge in [0, 0.05) is 23.7 Å². The lowest BCUT2D eigenvalue weighted by Crippen LogP contribution is -2.51. The number of hydrogen-bond acceptors (Lipinski definition) is 4. The van der Waals surface area contributed by atoms with Crippen LogP contribution < -0.4 is 15.4 Å². The molecule has 0 spiro atoms. The molecular formula is C19H29N3O3S. The molecule has 3 N–H and O–H groups in total. The largest absolute Gasteiger partial charge is 0.348 e. The predicted molar refractivity (Wildman–Crippen MR) is 102 cm³/mol. The molecule has 7 heteroatoms. The van der Waals surface area contributed by atoms with E-state index < -0.39 is 10.0 Å². The van der Waals surface area contributed by atoms with Gasteiger partial charge in [-0.2, -0.15) is 0 Å². The summed E-state index contributed by atoms with van der Waals surface area (Å²) in [7, 11) is -3.62. The van der Waals surface area contributed by atoms with Crippen LogP contribution in [0.4, 0.5) is 0 Å². The summed E-state index contributed by atoms with van der Waals surface area (Å²) in [6.07, 6.45) is 5.83. The highest BCUT2D eigenvalue weighted by molar-refractivity contribution is 7.89. The van der Waals surface area contributed by atoms with Gasteiger partial charge in [0.25, 0.3) is 5.91 Å². The summed E-state index contributed by atoms with van der Waals surface area (Å²) in [5, 5.41) is 6.39. The molecule has 2 fully saturated rings. The maximum Gasteiger partial charge on any atom is 0.251 e. The minimum Gasteiger partial charge on any atom is -0.348 e. The monoisotopic (exact) mass is 379 g/mol. The first-order valence-corrected chi connectivity index (χ1v) is 11.0. The van der Waals surface area contributed by atoms with Crippen LogP contribution >= 0.6 is 0 Å². The Morgan fingerprint density at radius 1 is 1.15 bits per heavy atom. The van der Waals surface area contributed by atoms with Gasteiger partial charge >= 0.3 is 0 Å². The van der Waals surface area contributed by atoms with Gasteiger partial charge < -0.3 is 10.6 Å². The number of piperidine rings is 1. The van der Waals surface area contributed by atoms with Crippen LogP contribution in [-0.4, -0.2) is 39.0 Å². The number of carbonyl (C=O) groups excluding carboxylic acids is 1. The third-order valence-corrected chi connectivity index (χ3v) is 7.16. The van der Waals surface area contributed by atoms with Crippen molar-refractivity contribution in [3.63, 3.8) is 0 Å². The van der Waals surface area contributed by atoms with Crippen molar-refractivity contribution in [2.45, 2.75) is 75.4 Å². The number of rotatable bonds is 5. The molecule has 1 aliphatic carbocycles. The van der Waals surface area contributed by atoms with Crippen molar-refractivity contribution in [3.05, 3.63) is 29.3 Å². The van der Waals surface area contributed by atoms with Crippen LogP contribution in [0.2, 0.25) is 0 Å². The molecule has 1 saturated heterocycles. The zero-order chi connectivity index (χ0) is 18.7. The van der Waals surface area contributed by atoms with Crippen molar-refractivity contribution in [2.24, 2.45) is 0 Å². The fourth-order valence-corrected chi connectivity index (χ4v) is 5.43. The normalized spacial score (nSPS) is 24.5. The van der Waals surface area contributed by atoms with Gasteiger partial charge in [-0.3, -0.25) is 4.79 Å². The summed E-state index contributed by atoms with van der Waals surface area (Å²) in [6, 6.07) is 5.19. The van der Waals surface area contributed by atoms with E-state index in [0.29, 0.717) is 11.1 Å². The van der Waals surface area contributed by atoms with Crippen molar-refractivity contribution in [1.82, 2.24) is 15.4 Å². The summed E-state index contributed by atoms with van der Waals surface area (Å²) >= 11 is 0. The lowest BCUT2D eigenvalue weighted by atomic mass is 9.99. The summed E-state index contributed by atoms with van der Waals surface area (Å²) < 4.78 is 28.3. The first-order valence-electron chi connectivity index (χ1n) is 9.54. The zero-order valence-corrected chi connectivity index (χ0v) is 16.4. The van der Waals surface area contributed by atoms with Crippen LogP contribution in [0.15, 0.2) is 23.1 Å². The molecular weight excluding hydrogens is 350 g/mol. The van der Waals surface area contributed by atoms with Crippen molar-refractivity contribution >= 4 is 15.9 Å². The molecule has 2 aliphatic rings. The molecule has 2 unspecified atom stereocenters. The second-order valence-electron chi connectivity index (χ2n) is 7.55. The van der Waals surface area contributed by atoms with E-state index in [2.05, 4.69) is 22.3 Å². The van der Waals surface area contributed by atoms with Gasteiger partial charge in [0.05, 0.1) is 4.90 Å². The number of aryl methyl sites for hydroxylation is 1. The molecule has 2 atom stereocenters. The second kappa shape index (κ2) is 8.06. The van der Waals surface area contributed by atoms with Gasteiger partial charge in [-0.05, 0) is 63.8 Å². The predicted octanol–water partition coefficient (Wildman–Crippen LogP) is 2.09. The fraction of sp³-hybridized carbons (Fsp3) is 0.632. The summed E-state index contributed by atoms with van der Waals surface area (Å²) in [5.74, 6) is -0.220. The van der Waals surface area contributed by atoms with Crippen molar-refractivity contribution in [2.75, 3.05) is 6.54 Å². The quantitative estimate of drug-likeness (QED) is 0.731. The molecule has 0 aromatic heterocycles. The van der Waals surface area contributed by atoms with Crippen LogP contribution in [0, 0.1) is 6.92 Å². The Labute approximate surface area is 156 Å². The molecule has 144 valence electrons. The van der Waals surface area contributed by atoms with E-state index in [1.807, 2.05) is 0 Å². The third-order valence-electron chi connectivity index (χ3n) is 5.50. The minimum atomic E-state index is -3.62. The number of sulfonamides is 1. The maximum atomic E-state index is 12.8. The van der Waals surface area contributed by atoms with Crippen LogP contribution in [0.1, 0.15) is 61.4 Å². The second-order valence-corrected chi connectivity index (χ2v) is 9.23. The van der Waals surface area contributed by atoms with Gasteiger partial charge in [0.15, 0.2) is 0 Å². The van der Waals surface area contributed by atoms with Crippen LogP contribution in [-0.2, 0) is 10.0 Å². The number of benzene rings is 1. The highest BCUT2D eigenvalue weighted by Gasteiger charge is 2.26. The topological polar surface area (TPSA) is 87.3 Å². The lowest BCUT2D eigenvalue weighted by molar-refractivity contribution is 0.0919. The summed E-state index contributed by atoms with van der Waals surface area (Å²) in [6.45, 7) is 4.78. The van der Waals surface area contributed by atoms with E-state index >= 15 is 0 Å². The van der Waals surface area contributed by atoms with E-state index in [0.717, 1.165) is 45.1 Å². The first kappa shape index (κ1) is 19.3. The Morgan fingerprint density at radius 3 is 2.58 bits per heavy atom. The molecule has 1 aromatic carbocycles. The SMILES string of the molecule is Cc1ccc(C(=O)NC2CCCNC2C)cc1S(=O)(=O)NC1CCCC1. The lowest BCUT2D eigenvalue weighted by Gasteiger charge is -2.30. The van der Waals surface area contributed by atoms with Gasteiger partial charge in [0.1, 0.15) is 0 Å². The Balaban J connectivity index is 1.77. The standard InChI is InChI=1S/C19H29N3O3S/c1-13-9-10-15(19(23)21-17-8-5-11-20-14(17)2)12-18(13)26(24,25)22-16-6-3-4-7-16/h9-10,12,14,16-17,20,22H,3-8,11H2,1-2H3,(H,21,23). The summed E-state index contributed by atoms with van der Waals surface area (Å²) in [4.78, 5) is 12.8. The summed E-state index contributed by atoms with van der Waals surface area (Å²) in [5.41, 5.74) is 1.04. The Bertz CT molecular complexity index is 757. The highest BCUT2D eigenvalue weighted by Crippen LogP contribution is 2.23. The van der Waals surface area contributed by atoms with Crippen molar-refractivity contribution in [1.29, 1.82) is 0 Å². The zero-order valence-electron chi connectivity index (χ0n) is 15.5. The average molecular weight is 380 g/mol. The smallest absolute Gasteiger partial charge is 0.251 e. The van der Waals surface area contributed by atoms with Crippen molar-refractivity contribution < 1.29 is 13.2 Å². The number of amides is 1. The molecule has 1 heterocycles. The van der Waals surface area contributed by atoms with E-state index in [1.54, 1.807) is 19.1 Å². The number of hydrogen-bond donors (Lipinski definition) is 3. The van der Waals surface area contributed by atoms with E-state index in [1.165, 1.54) is 6.07 Å². The molecule has 6 nitrogen and oxygen atoms in total. The Morgan fingerprint density at radius 2 is 1.88 bits per heavy atom. The van der Waals surface area contributed by atoms with Crippen LogP contribution in [0.3, 0.4) is 0 Å². The maximum absolute atomic E-state index is 12.8. The fourth-order valence-electron chi connectivity index (χ4n) is 3.85. The van der Waals surface area contributed by atoms with Gasteiger partial charge in [-0.15, -0.1) is 0 Å². The van der Waals surface area contributed by atoms with E-state index in [9.17, 15) is 13.2 Å². The Hall–Kier alpha value is -1.44. The first-order chi connectivity index (χ1) is 12.4.